The zero-order valence-electron chi connectivity index (χ0n) is 18.9. The minimum atomic E-state index is -0.615. The third-order valence-electron chi connectivity index (χ3n) is 5.25. The summed E-state index contributed by atoms with van der Waals surface area (Å²) in [6.45, 7) is 4.15. The zero-order valence-corrected chi connectivity index (χ0v) is 19.7. The lowest BCUT2D eigenvalue weighted by Crippen LogP contribution is -2.46. The Kier molecular flexibility index (Phi) is 7.23. The smallest absolute Gasteiger partial charge is 0.267 e. The molecule has 0 saturated heterocycles. The molecule has 2 amide bonds. The van der Waals surface area contributed by atoms with Crippen LogP contribution in [-0.4, -0.2) is 37.7 Å². The van der Waals surface area contributed by atoms with Crippen LogP contribution in [0.4, 0.5) is 11.4 Å². The fraction of sp³-hybridized carbons (Fsp3) is 0.231. The molecule has 3 aromatic carbocycles. The first kappa shape index (κ1) is 23.4. The van der Waals surface area contributed by atoms with E-state index >= 15 is 0 Å². The SMILES string of the molecule is Cc1ccc(OCCN2C(=O)C(C)Oc3ccc(NC(=O)COc4ccccc4Cl)cc32)cc1. The number of nitrogens with one attached hydrogen (secondary N) is 1. The van der Waals surface area contributed by atoms with Crippen molar-refractivity contribution in [2.75, 3.05) is 30.0 Å². The number of fused-ring (bicyclic) bond motifs is 1. The summed E-state index contributed by atoms with van der Waals surface area (Å²) < 4.78 is 17.0. The molecule has 0 spiro atoms. The predicted octanol–water partition coefficient (Wildman–Crippen LogP) is 4.86. The largest absolute Gasteiger partial charge is 0.492 e. The van der Waals surface area contributed by atoms with Crippen molar-refractivity contribution in [2.24, 2.45) is 0 Å². The van der Waals surface area contributed by atoms with Gasteiger partial charge < -0.3 is 24.4 Å². The third kappa shape index (κ3) is 5.61. The number of benzene rings is 3. The molecule has 1 heterocycles. The monoisotopic (exact) mass is 480 g/mol. The van der Waals surface area contributed by atoms with Crippen LogP contribution in [0.1, 0.15) is 12.5 Å². The van der Waals surface area contributed by atoms with E-state index in [1.807, 2.05) is 31.2 Å². The molecule has 4 rings (SSSR count). The van der Waals surface area contributed by atoms with Gasteiger partial charge in [0.15, 0.2) is 12.7 Å². The van der Waals surface area contributed by atoms with Gasteiger partial charge in [-0.1, -0.05) is 41.4 Å². The highest BCUT2D eigenvalue weighted by molar-refractivity contribution is 6.32. The lowest BCUT2D eigenvalue weighted by Gasteiger charge is -2.33. The van der Waals surface area contributed by atoms with E-state index in [4.69, 9.17) is 25.8 Å². The topological polar surface area (TPSA) is 77.1 Å². The van der Waals surface area contributed by atoms with Crippen molar-refractivity contribution in [1.29, 1.82) is 0 Å². The zero-order chi connectivity index (χ0) is 24.1. The number of anilines is 2. The number of carbonyl (C=O) groups is 2. The standard InChI is InChI=1S/C26H25ClN2O5/c1-17-7-10-20(11-8-17)32-14-13-29-22-15-19(9-12-24(22)34-18(2)26(29)31)28-25(30)16-33-23-6-4-3-5-21(23)27/h3-12,15,18H,13-14,16H2,1-2H3,(H,28,30). The lowest BCUT2D eigenvalue weighted by atomic mass is 10.1. The molecule has 8 heteroatoms. The van der Waals surface area contributed by atoms with E-state index in [1.54, 1.807) is 54.3 Å². The van der Waals surface area contributed by atoms with E-state index in [0.29, 0.717) is 41.0 Å². The van der Waals surface area contributed by atoms with Crippen molar-refractivity contribution in [1.82, 2.24) is 0 Å². The molecule has 0 saturated carbocycles. The average molecular weight is 481 g/mol. The van der Waals surface area contributed by atoms with Crippen LogP contribution in [0.5, 0.6) is 17.2 Å². The van der Waals surface area contributed by atoms with Crippen LogP contribution in [0.3, 0.4) is 0 Å². The molecular formula is C26H25ClN2O5. The second kappa shape index (κ2) is 10.5. The summed E-state index contributed by atoms with van der Waals surface area (Å²) in [5.74, 6) is 1.19. The number of rotatable bonds is 8. The van der Waals surface area contributed by atoms with Gasteiger partial charge in [0.2, 0.25) is 0 Å². The minimum Gasteiger partial charge on any atom is -0.492 e. The van der Waals surface area contributed by atoms with Crippen LogP contribution in [0, 0.1) is 6.92 Å². The van der Waals surface area contributed by atoms with Crippen molar-refractivity contribution >= 4 is 34.8 Å². The molecule has 176 valence electrons. The quantitative estimate of drug-likeness (QED) is 0.498. The maximum Gasteiger partial charge on any atom is 0.267 e. The Morgan fingerprint density at radius 1 is 1.09 bits per heavy atom. The van der Waals surface area contributed by atoms with Crippen LogP contribution in [0.25, 0.3) is 0 Å². The molecule has 1 atom stereocenters. The summed E-state index contributed by atoms with van der Waals surface area (Å²) in [7, 11) is 0. The Morgan fingerprint density at radius 2 is 1.85 bits per heavy atom. The van der Waals surface area contributed by atoms with Crippen LogP contribution in [0.2, 0.25) is 5.02 Å². The van der Waals surface area contributed by atoms with Gasteiger partial charge in [-0.3, -0.25) is 9.59 Å². The maximum absolute atomic E-state index is 12.8. The molecule has 0 aromatic heterocycles. The first-order chi connectivity index (χ1) is 16.4. The highest BCUT2D eigenvalue weighted by Gasteiger charge is 2.31. The molecule has 1 aliphatic rings. The Morgan fingerprint density at radius 3 is 2.62 bits per heavy atom. The first-order valence-electron chi connectivity index (χ1n) is 10.9. The normalized spacial score (nSPS) is 14.7. The molecule has 0 fully saturated rings. The van der Waals surface area contributed by atoms with Gasteiger partial charge in [-0.25, -0.2) is 0 Å². The minimum absolute atomic E-state index is 0.175. The predicted molar refractivity (Wildman–Crippen MR) is 131 cm³/mol. The number of hydrogen-bond acceptors (Lipinski definition) is 5. The second-order valence-corrected chi connectivity index (χ2v) is 8.27. The van der Waals surface area contributed by atoms with E-state index in [2.05, 4.69) is 5.32 Å². The number of hydrogen-bond donors (Lipinski definition) is 1. The van der Waals surface area contributed by atoms with Gasteiger partial charge in [0.25, 0.3) is 11.8 Å². The van der Waals surface area contributed by atoms with Crippen molar-refractivity contribution < 1.29 is 23.8 Å². The number of halogens is 1. The van der Waals surface area contributed by atoms with E-state index < -0.39 is 6.10 Å². The molecule has 0 bridgehead atoms. The fourth-order valence-electron chi connectivity index (χ4n) is 3.51. The molecule has 1 aliphatic heterocycles. The average Bonchev–Trinajstić information content (AvgIpc) is 2.82. The summed E-state index contributed by atoms with van der Waals surface area (Å²) in [6, 6.07) is 19.8. The number of amides is 2. The first-order valence-corrected chi connectivity index (χ1v) is 11.3. The van der Waals surface area contributed by atoms with Crippen LogP contribution in [0.15, 0.2) is 66.7 Å². The Hall–Kier alpha value is -3.71. The van der Waals surface area contributed by atoms with Crippen molar-refractivity contribution in [3.8, 4) is 17.2 Å². The number of ether oxygens (including phenoxy) is 3. The van der Waals surface area contributed by atoms with Crippen LogP contribution >= 0.6 is 11.6 Å². The molecule has 7 nitrogen and oxygen atoms in total. The molecule has 3 aromatic rings. The summed E-state index contributed by atoms with van der Waals surface area (Å²) >= 11 is 6.06. The fourth-order valence-corrected chi connectivity index (χ4v) is 3.70. The van der Waals surface area contributed by atoms with E-state index in [0.717, 1.165) is 11.3 Å². The van der Waals surface area contributed by atoms with Gasteiger partial charge >= 0.3 is 0 Å². The number of carbonyl (C=O) groups excluding carboxylic acids is 2. The second-order valence-electron chi connectivity index (χ2n) is 7.86. The number of nitrogens with zero attached hydrogens (tertiary/aromatic N) is 1. The van der Waals surface area contributed by atoms with Crippen molar-refractivity contribution in [3.63, 3.8) is 0 Å². The Labute approximate surface area is 203 Å². The molecule has 34 heavy (non-hydrogen) atoms. The Bertz CT molecular complexity index is 1180. The van der Waals surface area contributed by atoms with Crippen LogP contribution < -0.4 is 24.4 Å². The molecule has 1 unspecified atom stereocenters. The summed E-state index contributed by atoms with van der Waals surface area (Å²) in [5.41, 5.74) is 2.23. The molecular weight excluding hydrogens is 456 g/mol. The number of aryl methyl sites for hydroxylation is 1. The molecule has 1 N–H and O–H groups in total. The van der Waals surface area contributed by atoms with Crippen LogP contribution in [-0.2, 0) is 9.59 Å². The van der Waals surface area contributed by atoms with E-state index in [1.165, 1.54) is 0 Å². The van der Waals surface area contributed by atoms with E-state index in [9.17, 15) is 9.59 Å². The highest BCUT2D eigenvalue weighted by atomic mass is 35.5. The van der Waals surface area contributed by atoms with Gasteiger partial charge in [0.1, 0.15) is 23.9 Å². The summed E-state index contributed by atoms with van der Waals surface area (Å²) in [5, 5.41) is 3.21. The van der Waals surface area contributed by atoms with Gasteiger partial charge in [-0.15, -0.1) is 0 Å². The summed E-state index contributed by atoms with van der Waals surface area (Å²) in [4.78, 5) is 26.8. The maximum atomic E-state index is 12.8. The van der Waals surface area contributed by atoms with Gasteiger partial charge in [0.05, 0.1) is 17.3 Å². The Balaban J connectivity index is 1.42. The van der Waals surface area contributed by atoms with E-state index in [-0.39, 0.29) is 18.4 Å². The van der Waals surface area contributed by atoms with Gasteiger partial charge in [0, 0.05) is 5.69 Å². The molecule has 0 aliphatic carbocycles. The number of para-hydroxylation sites is 1. The lowest BCUT2D eigenvalue weighted by molar-refractivity contribution is -0.125. The third-order valence-corrected chi connectivity index (χ3v) is 5.56. The van der Waals surface area contributed by atoms with Crippen molar-refractivity contribution in [3.05, 3.63) is 77.3 Å². The highest BCUT2D eigenvalue weighted by Crippen LogP contribution is 2.36. The molecule has 0 radical (unpaired) electrons. The summed E-state index contributed by atoms with van der Waals surface area (Å²) in [6.07, 6.45) is -0.615. The van der Waals surface area contributed by atoms with Crippen molar-refractivity contribution in [2.45, 2.75) is 20.0 Å². The van der Waals surface area contributed by atoms with Gasteiger partial charge in [-0.05, 0) is 56.3 Å². The van der Waals surface area contributed by atoms with Gasteiger partial charge in [-0.2, -0.15) is 0 Å².